The van der Waals surface area contributed by atoms with Gasteiger partial charge in [-0.25, -0.2) is 28.2 Å². The van der Waals surface area contributed by atoms with Crippen molar-refractivity contribution in [1.29, 1.82) is 0 Å². The lowest BCUT2D eigenvalue weighted by Crippen LogP contribution is -2.38. The molecule has 4 aromatic rings. The predicted octanol–water partition coefficient (Wildman–Crippen LogP) is 2.02. The van der Waals surface area contributed by atoms with E-state index in [0.29, 0.717) is 47.5 Å². The number of primary sulfonamides is 1. The summed E-state index contributed by atoms with van der Waals surface area (Å²) in [5.74, 6) is 1.29. The number of nitrogens with zero attached hydrogens (tertiary/aromatic N) is 7. The molecule has 0 bridgehead atoms. The molecule has 34 heavy (non-hydrogen) atoms. The molecule has 1 aromatic carbocycles. The van der Waals surface area contributed by atoms with Crippen LogP contribution in [0, 0.1) is 0 Å². The maximum atomic E-state index is 12.0. The molecule has 0 saturated carbocycles. The molecule has 1 aliphatic rings. The molecule has 5 rings (SSSR count). The van der Waals surface area contributed by atoms with Crippen molar-refractivity contribution in [1.82, 2.24) is 29.9 Å². The van der Waals surface area contributed by atoms with Crippen LogP contribution in [0.25, 0.3) is 16.7 Å². The van der Waals surface area contributed by atoms with E-state index >= 15 is 0 Å². The zero-order chi connectivity index (χ0) is 23.9. The van der Waals surface area contributed by atoms with E-state index in [2.05, 4.69) is 30.1 Å². The topological polar surface area (TPSA) is 155 Å². The average Bonchev–Trinajstić information content (AvgIpc) is 3.48. The fraction of sp³-hybridized carbons (Fsp3) is 0.381. The molecule has 1 fully saturated rings. The quantitative estimate of drug-likeness (QED) is 0.429. The first-order valence-corrected chi connectivity index (χ1v) is 12.4. The third-order valence-corrected chi connectivity index (χ3v) is 6.63. The lowest BCUT2D eigenvalue weighted by molar-refractivity contribution is 0.164. The van der Waals surface area contributed by atoms with Crippen LogP contribution in [0.3, 0.4) is 0 Å². The lowest BCUT2D eigenvalue weighted by Gasteiger charge is -2.30. The maximum absolute atomic E-state index is 12.0. The zero-order valence-electron chi connectivity index (χ0n) is 18.7. The van der Waals surface area contributed by atoms with Crippen molar-refractivity contribution in [2.75, 3.05) is 18.0 Å². The molecule has 12 nitrogen and oxygen atoms in total. The number of benzene rings is 1. The van der Waals surface area contributed by atoms with Crippen LogP contribution < -0.4 is 14.8 Å². The van der Waals surface area contributed by atoms with Crippen molar-refractivity contribution >= 4 is 27.1 Å². The van der Waals surface area contributed by atoms with Gasteiger partial charge in [0.1, 0.15) is 22.7 Å². The summed E-state index contributed by atoms with van der Waals surface area (Å²) in [5.41, 5.74) is 0.726. The Labute approximate surface area is 195 Å². The number of sulfonamides is 1. The number of piperidine rings is 1. The van der Waals surface area contributed by atoms with Gasteiger partial charge < -0.3 is 14.2 Å². The van der Waals surface area contributed by atoms with E-state index in [0.717, 1.165) is 12.8 Å². The summed E-state index contributed by atoms with van der Waals surface area (Å²) in [7, 11) is -3.95. The Morgan fingerprint density at radius 2 is 1.94 bits per heavy atom. The third-order valence-electron chi connectivity index (χ3n) is 5.67. The van der Waals surface area contributed by atoms with Crippen molar-refractivity contribution in [2.24, 2.45) is 5.14 Å². The summed E-state index contributed by atoms with van der Waals surface area (Å²) in [6.07, 6.45) is 4.35. The molecule has 178 valence electrons. The maximum Gasteiger partial charge on any atom is 0.324 e. The molecule has 0 amide bonds. The highest BCUT2D eigenvalue weighted by molar-refractivity contribution is 7.89. The summed E-state index contributed by atoms with van der Waals surface area (Å²) < 4.78 is 37.1. The van der Waals surface area contributed by atoms with Crippen LogP contribution in [0.5, 0.6) is 5.88 Å². The Balaban J connectivity index is 1.35. The van der Waals surface area contributed by atoms with E-state index in [9.17, 15) is 8.42 Å². The van der Waals surface area contributed by atoms with Gasteiger partial charge in [-0.15, -0.1) is 0 Å². The number of aromatic nitrogens is 6. The standard InChI is InChI=1S/C21H24N8O4S/c1-13(2)18-26-21(33-27-18)28-9-7-14(8-10-28)32-20-15-11-25-29(19(15)23-12-24-20)16-5-3-4-6-17(16)34(22,30)31/h3-6,11-14H,7-10H2,1-2H3,(H2,22,30,31). The van der Waals surface area contributed by atoms with Gasteiger partial charge in [0.2, 0.25) is 15.9 Å². The fourth-order valence-corrected chi connectivity index (χ4v) is 4.59. The number of anilines is 1. The van der Waals surface area contributed by atoms with E-state index in [1.54, 1.807) is 24.4 Å². The van der Waals surface area contributed by atoms with E-state index < -0.39 is 10.0 Å². The Kier molecular flexibility index (Phi) is 5.65. The number of para-hydroxylation sites is 1. The number of hydrogen-bond donors (Lipinski definition) is 1. The summed E-state index contributed by atoms with van der Waals surface area (Å²) in [6.45, 7) is 5.46. The van der Waals surface area contributed by atoms with Crippen LogP contribution in [-0.4, -0.2) is 57.5 Å². The van der Waals surface area contributed by atoms with Crippen LogP contribution >= 0.6 is 0 Å². The molecule has 0 atom stereocenters. The molecule has 0 aliphatic carbocycles. The second-order valence-corrected chi connectivity index (χ2v) is 9.91. The van der Waals surface area contributed by atoms with Gasteiger partial charge >= 0.3 is 6.01 Å². The van der Waals surface area contributed by atoms with Gasteiger partial charge in [-0.3, -0.25) is 0 Å². The second-order valence-electron chi connectivity index (χ2n) is 8.38. The van der Waals surface area contributed by atoms with Gasteiger partial charge in [-0.05, 0) is 12.1 Å². The minimum Gasteiger partial charge on any atom is -0.474 e. The molecular weight excluding hydrogens is 460 g/mol. The molecule has 1 saturated heterocycles. The predicted molar refractivity (Wildman–Crippen MR) is 122 cm³/mol. The fourth-order valence-electron chi connectivity index (χ4n) is 3.88. The average molecular weight is 485 g/mol. The number of hydrogen-bond acceptors (Lipinski definition) is 10. The lowest BCUT2D eigenvalue weighted by atomic mass is 10.1. The van der Waals surface area contributed by atoms with Gasteiger partial charge in [0, 0.05) is 31.8 Å². The summed E-state index contributed by atoms with van der Waals surface area (Å²) in [4.78, 5) is 15.1. The second kappa shape index (κ2) is 8.65. The molecule has 4 heterocycles. The first-order valence-electron chi connectivity index (χ1n) is 10.9. The van der Waals surface area contributed by atoms with Crippen LogP contribution in [0.1, 0.15) is 38.4 Å². The minimum atomic E-state index is -3.95. The molecule has 1 aliphatic heterocycles. The first kappa shape index (κ1) is 22.2. The SMILES string of the molecule is CC(C)c1noc(N2CCC(Oc3ncnc4c3cnn4-c3ccccc3S(N)(=O)=O)CC2)n1. The zero-order valence-corrected chi connectivity index (χ0v) is 19.5. The molecule has 13 heteroatoms. The van der Waals surface area contributed by atoms with Crippen LogP contribution in [-0.2, 0) is 10.0 Å². The summed E-state index contributed by atoms with van der Waals surface area (Å²) in [6, 6.07) is 6.88. The highest BCUT2D eigenvalue weighted by Gasteiger charge is 2.26. The molecule has 3 aromatic heterocycles. The van der Waals surface area contributed by atoms with Crippen molar-refractivity contribution in [3.05, 3.63) is 42.6 Å². The molecular formula is C21H24N8O4S. The van der Waals surface area contributed by atoms with Crippen LogP contribution in [0.4, 0.5) is 6.01 Å². The van der Waals surface area contributed by atoms with Crippen molar-refractivity contribution in [2.45, 2.75) is 43.6 Å². The Hall–Kier alpha value is -3.58. The largest absolute Gasteiger partial charge is 0.474 e. The van der Waals surface area contributed by atoms with Crippen LogP contribution in [0.2, 0.25) is 0 Å². The monoisotopic (exact) mass is 484 g/mol. The van der Waals surface area contributed by atoms with Gasteiger partial charge in [0.25, 0.3) is 0 Å². The smallest absolute Gasteiger partial charge is 0.324 e. The first-order chi connectivity index (χ1) is 16.3. The highest BCUT2D eigenvalue weighted by atomic mass is 32.2. The normalized spacial score (nSPS) is 15.4. The van der Waals surface area contributed by atoms with E-state index in [1.165, 1.54) is 17.1 Å². The van der Waals surface area contributed by atoms with E-state index in [-0.39, 0.29) is 16.9 Å². The number of ether oxygens (including phenoxy) is 1. The van der Waals surface area contributed by atoms with Crippen molar-refractivity contribution in [3.63, 3.8) is 0 Å². The number of rotatable bonds is 6. The molecule has 0 unspecified atom stereocenters. The molecule has 0 radical (unpaired) electrons. The number of fused-ring (bicyclic) bond motifs is 1. The summed E-state index contributed by atoms with van der Waals surface area (Å²) in [5, 5.41) is 14.3. The third kappa shape index (κ3) is 4.19. The highest BCUT2D eigenvalue weighted by Crippen LogP contribution is 2.29. The van der Waals surface area contributed by atoms with Gasteiger partial charge in [0.15, 0.2) is 11.5 Å². The Bertz CT molecular complexity index is 1420. The van der Waals surface area contributed by atoms with Crippen LogP contribution in [0.15, 0.2) is 46.2 Å². The van der Waals surface area contributed by atoms with Crippen molar-refractivity contribution in [3.8, 4) is 11.6 Å². The Morgan fingerprint density at radius 3 is 2.65 bits per heavy atom. The van der Waals surface area contributed by atoms with Crippen molar-refractivity contribution < 1.29 is 17.7 Å². The van der Waals surface area contributed by atoms with E-state index in [1.807, 2.05) is 13.8 Å². The summed E-state index contributed by atoms with van der Waals surface area (Å²) >= 11 is 0. The minimum absolute atomic E-state index is 0.0462. The number of nitrogens with two attached hydrogens (primary N) is 1. The Morgan fingerprint density at radius 1 is 1.18 bits per heavy atom. The molecule has 0 spiro atoms. The van der Waals surface area contributed by atoms with E-state index in [4.69, 9.17) is 14.4 Å². The van der Waals surface area contributed by atoms with Gasteiger partial charge in [-0.1, -0.05) is 31.1 Å². The molecule has 2 N–H and O–H groups in total. The van der Waals surface area contributed by atoms with Gasteiger partial charge in [-0.2, -0.15) is 10.1 Å². The van der Waals surface area contributed by atoms with Gasteiger partial charge in [0.05, 0.1) is 11.9 Å².